The highest BCUT2D eigenvalue weighted by atomic mass is 19.4. The van der Waals surface area contributed by atoms with Gasteiger partial charge in [0, 0.05) is 32.1 Å². The number of nitrogens with zero attached hydrogens (tertiary/aromatic N) is 4. The number of aromatic nitrogens is 2. The van der Waals surface area contributed by atoms with Gasteiger partial charge >= 0.3 is 6.18 Å². The van der Waals surface area contributed by atoms with Gasteiger partial charge in [0.05, 0.1) is 11.8 Å². The van der Waals surface area contributed by atoms with Crippen molar-refractivity contribution in [3.63, 3.8) is 0 Å². The van der Waals surface area contributed by atoms with E-state index >= 15 is 0 Å². The maximum Gasteiger partial charge on any atom is 0.433 e. The molecule has 0 radical (unpaired) electrons. The number of amides is 2. The summed E-state index contributed by atoms with van der Waals surface area (Å²) in [4.78, 5) is 30.3. The smallest absolute Gasteiger partial charge is 0.309 e. The molecule has 1 aromatic heterocycles. The van der Waals surface area contributed by atoms with Crippen LogP contribution in [-0.2, 0) is 23.7 Å². The predicted molar refractivity (Wildman–Crippen MR) is 114 cm³/mol. The molecule has 2 amide bonds. The minimum Gasteiger partial charge on any atom is -0.309 e. The van der Waals surface area contributed by atoms with Gasteiger partial charge in [-0.3, -0.25) is 14.3 Å². The summed E-state index contributed by atoms with van der Waals surface area (Å²) in [6.45, 7) is 2.30. The first-order valence-corrected chi connectivity index (χ1v) is 10.8. The van der Waals surface area contributed by atoms with Crippen molar-refractivity contribution in [3.05, 3.63) is 76.1 Å². The molecule has 0 spiro atoms. The van der Waals surface area contributed by atoms with Crippen molar-refractivity contribution in [1.29, 1.82) is 0 Å². The van der Waals surface area contributed by atoms with Gasteiger partial charge in [-0.2, -0.15) is 18.3 Å². The van der Waals surface area contributed by atoms with Crippen LogP contribution in [0.1, 0.15) is 46.4 Å². The minimum atomic E-state index is -4.74. The molecule has 1 atom stereocenters. The first kappa shape index (κ1) is 21.5. The maximum atomic E-state index is 13.8. The van der Waals surface area contributed by atoms with E-state index in [2.05, 4.69) is 5.10 Å². The number of benzene rings is 1. The Morgan fingerprint density at radius 1 is 1.09 bits per heavy atom. The fraction of sp³-hybridized carbons (Fsp3) is 0.375. The van der Waals surface area contributed by atoms with Crippen molar-refractivity contribution < 1.29 is 22.8 Å². The zero-order valence-electron chi connectivity index (χ0n) is 18.3. The van der Waals surface area contributed by atoms with Crippen molar-refractivity contribution in [3.8, 4) is 0 Å². The van der Waals surface area contributed by atoms with E-state index in [0.29, 0.717) is 22.2 Å². The van der Waals surface area contributed by atoms with E-state index in [-0.39, 0.29) is 19.0 Å². The Hall–Kier alpha value is -3.36. The molecular formula is C24H23F3N4O2. The largest absolute Gasteiger partial charge is 0.433 e. The SMILES string of the molecule is Cc1ccc(C23CC4=CCCC=C4C(=O)N2CCN3C(=O)c2cnn(C)c2C(F)(F)F)cc1. The average molecular weight is 456 g/mol. The number of piperidine rings is 1. The van der Waals surface area contributed by atoms with Gasteiger partial charge in [-0.1, -0.05) is 42.0 Å². The van der Waals surface area contributed by atoms with Gasteiger partial charge in [0.15, 0.2) is 5.69 Å². The van der Waals surface area contributed by atoms with E-state index in [1.54, 1.807) is 4.90 Å². The number of carbonyl (C=O) groups is 2. The van der Waals surface area contributed by atoms with Gasteiger partial charge in [0.1, 0.15) is 5.66 Å². The molecule has 172 valence electrons. The molecule has 3 heterocycles. The van der Waals surface area contributed by atoms with Gasteiger partial charge in [0.2, 0.25) is 0 Å². The maximum absolute atomic E-state index is 13.8. The molecule has 2 saturated heterocycles. The Morgan fingerprint density at radius 2 is 1.79 bits per heavy atom. The summed E-state index contributed by atoms with van der Waals surface area (Å²) >= 11 is 0. The Bertz CT molecular complexity index is 1210. The van der Waals surface area contributed by atoms with Crippen LogP contribution >= 0.6 is 0 Å². The monoisotopic (exact) mass is 456 g/mol. The van der Waals surface area contributed by atoms with Crippen LogP contribution < -0.4 is 0 Å². The second-order valence-corrected chi connectivity index (χ2v) is 8.73. The van der Waals surface area contributed by atoms with Gasteiger partial charge < -0.3 is 9.80 Å². The molecule has 9 heteroatoms. The Labute approximate surface area is 189 Å². The summed E-state index contributed by atoms with van der Waals surface area (Å²) in [5.41, 5.74) is 0.384. The molecule has 2 aromatic rings. The highest BCUT2D eigenvalue weighted by Crippen LogP contribution is 2.49. The first-order valence-electron chi connectivity index (χ1n) is 10.8. The summed E-state index contributed by atoms with van der Waals surface area (Å²) in [5.74, 6) is -0.972. The highest BCUT2D eigenvalue weighted by molar-refractivity contribution is 6.02. The Kier molecular flexibility index (Phi) is 4.77. The lowest BCUT2D eigenvalue weighted by Crippen LogP contribution is -2.58. The number of rotatable bonds is 2. The van der Waals surface area contributed by atoms with Crippen LogP contribution in [0, 0.1) is 6.92 Å². The summed E-state index contributed by atoms with van der Waals surface area (Å²) in [5, 5.41) is 3.72. The van der Waals surface area contributed by atoms with Crippen LogP contribution in [-0.4, -0.2) is 44.5 Å². The second kappa shape index (κ2) is 7.33. The molecule has 5 rings (SSSR count). The number of fused-ring (bicyclic) bond motifs is 2. The number of alkyl halides is 3. The number of aryl methyl sites for hydroxylation is 2. The van der Waals surface area contributed by atoms with Crippen LogP contribution in [0.4, 0.5) is 13.2 Å². The third kappa shape index (κ3) is 3.13. The molecule has 0 N–H and O–H groups in total. The zero-order chi connectivity index (χ0) is 23.5. The van der Waals surface area contributed by atoms with E-state index in [1.165, 1.54) is 11.9 Å². The lowest BCUT2D eigenvalue weighted by atomic mass is 9.79. The molecule has 6 nitrogen and oxygen atoms in total. The molecule has 1 aromatic carbocycles. The summed E-state index contributed by atoms with van der Waals surface area (Å²) < 4.78 is 41.9. The number of allylic oxidation sites excluding steroid dienone is 2. The third-order valence-corrected chi connectivity index (χ3v) is 6.80. The fourth-order valence-electron chi connectivity index (χ4n) is 5.28. The number of carbonyl (C=O) groups excluding carboxylic acids is 2. The van der Waals surface area contributed by atoms with Gasteiger partial charge in [-0.05, 0) is 30.9 Å². The molecule has 0 bridgehead atoms. The average Bonchev–Trinajstić information content (AvgIpc) is 3.35. The van der Waals surface area contributed by atoms with E-state index in [0.717, 1.165) is 30.2 Å². The molecule has 0 saturated carbocycles. The lowest BCUT2D eigenvalue weighted by molar-refractivity contribution is -0.144. The molecule has 1 unspecified atom stereocenters. The van der Waals surface area contributed by atoms with Crippen LogP contribution in [0.3, 0.4) is 0 Å². The standard InChI is InChI=1S/C24H23F3N4O2/c1-15-7-9-17(10-8-15)23-13-16-5-3-4-6-18(16)21(32)30(23)11-12-31(23)22(33)19-14-28-29(2)20(19)24(25,26)27/h5-10,14H,3-4,11-13H2,1-2H3. The summed E-state index contributed by atoms with van der Waals surface area (Å²) in [6.07, 6.45) is 2.04. The molecular weight excluding hydrogens is 433 g/mol. The Balaban J connectivity index is 1.68. The quantitative estimate of drug-likeness (QED) is 0.688. The minimum absolute atomic E-state index is 0.130. The van der Waals surface area contributed by atoms with Gasteiger partial charge in [-0.15, -0.1) is 0 Å². The van der Waals surface area contributed by atoms with E-state index in [1.807, 2.05) is 43.3 Å². The number of hydrogen-bond donors (Lipinski definition) is 0. The molecule has 1 aliphatic carbocycles. The van der Waals surface area contributed by atoms with Crippen molar-refractivity contribution >= 4 is 11.8 Å². The van der Waals surface area contributed by atoms with Crippen LogP contribution in [0.5, 0.6) is 0 Å². The lowest BCUT2D eigenvalue weighted by Gasteiger charge is -2.48. The van der Waals surface area contributed by atoms with E-state index in [4.69, 9.17) is 0 Å². The fourth-order valence-corrected chi connectivity index (χ4v) is 5.28. The van der Waals surface area contributed by atoms with Crippen molar-refractivity contribution in [2.24, 2.45) is 7.05 Å². The number of halogens is 3. The molecule has 3 aliphatic rings. The zero-order valence-corrected chi connectivity index (χ0v) is 18.3. The summed E-state index contributed by atoms with van der Waals surface area (Å²) in [7, 11) is 1.17. The van der Waals surface area contributed by atoms with Crippen LogP contribution in [0.15, 0.2) is 53.8 Å². The molecule has 2 fully saturated rings. The van der Waals surface area contributed by atoms with Crippen LogP contribution in [0.2, 0.25) is 0 Å². The topological polar surface area (TPSA) is 58.4 Å². The first-order chi connectivity index (χ1) is 15.6. The second-order valence-electron chi connectivity index (χ2n) is 8.73. The van der Waals surface area contributed by atoms with Gasteiger partial charge in [-0.25, -0.2) is 0 Å². The van der Waals surface area contributed by atoms with E-state index < -0.39 is 29.0 Å². The van der Waals surface area contributed by atoms with Crippen molar-refractivity contribution in [2.75, 3.05) is 13.1 Å². The summed E-state index contributed by atoms with van der Waals surface area (Å²) in [6, 6.07) is 7.49. The third-order valence-electron chi connectivity index (χ3n) is 6.80. The predicted octanol–water partition coefficient (Wildman–Crippen LogP) is 3.94. The normalized spacial score (nSPS) is 22.6. The Morgan fingerprint density at radius 3 is 2.48 bits per heavy atom. The molecule has 33 heavy (non-hydrogen) atoms. The number of hydrogen-bond acceptors (Lipinski definition) is 3. The van der Waals surface area contributed by atoms with E-state index in [9.17, 15) is 22.8 Å². The van der Waals surface area contributed by atoms with Gasteiger partial charge in [0.25, 0.3) is 11.8 Å². The highest BCUT2D eigenvalue weighted by Gasteiger charge is 2.57. The van der Waals surface area contributed by atoms with Crippen molar-refractivity contribution in [2.45, 2.75) is 38.0 Å². The van der Waals surface area contributed by atoms with Crippen molar-refractivity contribution in [1.82, 2.24) is 19.6 Å². The molecule has 2 aliphatic heterocycles. The van der Waals surface area contributed by atoms with Crippen LogP contribution in [0.25, 0.3) is 0 Å².